The van der Waals surface area contributed by atoms with Gasteiger partial charge in [0.25, 0.3) is 11.8 Å². The number of imidazole rings is 2. The topological polar surface area (TPSA) is 124 Å². The molecular formula is C62H89Cl3N10O2. The molecule has 2 aliphatic carbocycles. The minimum absolute atomic E-state index is 0.129. The molecule has 0 spiro atoms. The molecule has 4 N–H and O–H groups in total. The highest BCUT2D eigenvalue weighted by molar-refractivity contribution is 6.32. The Balaban J connectivity index is 0.000000246. The van der Waals surface area contributed by atoms with Gasteiger partial charge in [-0.05, 0) is 141 Å². The van der Waals surface area contributed by atoms with Crippen LogP contribution in [-0.2, 0) is 19.5 Å². The van der Waals surface area contributed by atoms with Crippen LogP contribution in [0.5, 0.6) is 0 Å². The van der Waals surface area contributed by atoms with Crippen LogP contribution in [0.1, 0.15) is 159 Å². The van der Waals surface area contributed by atoms with Crippen LogP contribution in [0, 0.1) is 13.8 Å². The van der Waals surface area contributed by atoms with E-state index in [2.05, 4.69) is 92.8 Å². The van der Waals surface area contributed by atoms with E-state index in [1.165, 1.54) is 69.8 Å². The number of amides is 2. The van der Waals surface area contributed by atoms with Gasteiger partial charge >= 0.3 is 0 Å². The second kappa shape index (κ2) is 34.5. The number of anilines is 2. The smallest absolute Gasteiger partial charge is 0.252 e. The first-order chi connectivity index (χ1) is 37.1. The Bertz CT molecular complexity index is 2630. The summed E-state index contributed by atoms with van der Waals surface area (Å²) in [6.07, 6.45) is 22.4. The fourth-order valence-electron chi connectivity index (χ4n) is 9.66. The lowest BCUT2D eigenvalue weighted by Crippen LogP contribution is -2.29. The third kappa shape index (κ3) is 20.7. The maximum absolute atomic E-state index is 12.8. The van der Waals surface area contributed by atoms with Gasteiger partial charge in [-0.2, -0.15) is 0 Å². The van der Waals surface area contributed by atoms with Gasteiger partial charge < -0.3 is 40.2 Å². The highest BCUT2D eigenvalue weighted by Gasteiger charge is 2.19. The van der Waals surface area contributed by atoms with Crippen molar-refractivity contribution >= 4 is 58.0 Å². The fourth-order valence-corrected chi connectivity index (χ4v) is 10.3. The number of nitrogens with one attached hydrogen (secondary N) is 4. The Morgan fingerprint density at radius 1 is 0.649 bits per heavy atom. The van der Waals surface area contributed by atoms with E-state index >= 15 is 0 Å². The summed E-state index contributed by atoms with van der Waals surface area (Å²) in [6.45, 7) is 16.9. The van der Waals surface area contributed by atoms with Gasteiger partial charge in [-0.3, -0.25) is 9.59 Å². The van der Waals surface area contributed by atoms with Crippen LogP contribution in [0.25, 0.3) is 0 Å². The molecule has 8 rings (SSSR count). The molecule has 77 heavy (non-hydrogen) atoms. The molecule has 2 aromatic heterocycles. The van der Waals surface area contributed by atoms with Gasteiger partial charge in [0, 0.05) is 100 Å². The van der Waals surface area contributed by atoms with Crippen molar-refractivity contribution in [3.8, 4) is 0 Å². The molecule has 6 aromatic rings. The number of carbonyl (C=O) groups excluding carboxylic acids is 2. The Morgan fingerprint density at radius 3 is 1.62 bits per heavy atom. The van der Waals surface area contributed by atoms with E-state index in [-0.39, 0.29) is 17.9 Å². The predicted molar refractivity (Wildman–Crippen MR) is 326 cm³/mol. The van der Waals surface area contributed by atoms with Crippen LogP contribution in [0.3, 0.4) is 0 Å². The van der Waals surface area contributed by atoms with Crippen molar-refractivity contribution in [2.45, 2.75) is 150 Å². The van der Waals surface area contributed by atoms with E-state index in [4.69, 9.17) is 34.8 Å². The van der Waals surface area contributed by atoms with Crippen molar-refractivity contribution < 1.29 is 9.59 Å². The highest BCUT2D eigenvalue weighted by Crippen LogP contribution is 2.27. The van der Waals surface area contributed by atoms with Crippen LogP contribution in [-0.4, -0.2) is 101 Å². The van der Waals surface area contributed by atoms with E-state index in [0.29, 0.717) is 47.2 Å². The Kier molecular flexibility index (Phi) is 28.7. The summed E-state index contributed by atoms with van der Waals surface area (Å²) >= 11 is 18.6. The first-order valence-corrected chi connectivity index (χ1v) is 29.0. The van der Waals surface area contributed by atoms with E-state index in [0.717, 1.165) is 69.9 Å². The molecule has 420 valence electrons. The lowest BCUT2D eigenvalue weighted by atomic mass is 9.95. The molecule has 1 unspecified atom stereocenters. The molecule has 0 bridgehead atoms. The van der Waals surface area contributed by atoms with Gasteiger partial charge in [-0.25, -0.2) is 9.97 Å². The fraction of sp³-hybridized carbons (Fsp3) is 0.484. The van der Waals surface area contributed by atoms with Crippen molar-refractivity contribution in [1.29, 1.82) is 0 Å². The third-order valence-corrected chi connectivity index (χ3v) is 15.0. The summed E-state index contributed by atoms with van der Waals surface area (Å²) in [6, 6.07) is 27.0. The number of benzene rings is 4. The maximum atomic E-state index is 12.8. The highest BCUT2D eigenvalue weighted by atomic mass is 35.5. The summed E-state index contributed by atoms with van der Waals surface area (Å²) in [7, 11) is 8.76. The molecule has 12 nitrogen and oxygen atoms in total. The molecule has 1 atom stereocenters. The molecule has 2 amide bonds. The van der Waals surface area contributed by atoms with Gasteiger partial charge in [0.05, 0.1) is 19.1 Å². The molecule has 2 saturated carbocycles. The molecule has 2 heterocycles. The van der Waals surface area contributed by atoms with Gasteiger partial charge in [-0.15, -0.1) is 0 Å². The number of nitrogens with zero attached hydrogens (tertiary/aromatic N) is 6. The number of hydrogen-bond acceptors (Lipinski definition) is 8. The molecule has 15 heteroatoms. The summed E-state index contributed by atoms with van der Waals surface area (Å²) in [5.74, 6) is 1.38. The van der Waals surface area contributed by atoms with Crippen LogP contribution in [0.2, 0.25) is 15.1 Å². The monoisotopic (exact) mass is 1110 g/mol. The average Bonchev–Trinajstić information content (AvgIpc) is 4.11. The molecule has 0 radical (unpaired) electrons. The van der Waals surface area contributed by atoms with E-state index in [1.54, 1.807) is 24.5 Å². The lowest BCUT2D eigenvalue weighted by molar-refractivity contribution is 0.0942. The van der Waals surface area contributed by atoms with Crippen molar-refractivity contribution in [3.05, 3.63) is 164 Å². The first kappa shape index (κ1) is 64.2. The quantitative estimate of drug-likeness (QED) is 0.0712. The standard InChI is InChI=1S/C22H24Cl2N4O.C22H25ClN4O.2C8H17N.C2H6/c1-3-25-20-13-17(23)12-18(15(20)2)22(29)27-9-8-21-26-10-11-28(21)14-16-6-4-5-7-19(16)24;1-4-24-20-13-18(23)12-19(15(20)2)22(28)26-14-21-25-10-11-27(21)16(3)17-8-6-5-7-9-17;2*1-9(2)8-6-4-3-5-7-8;1-2/h4-7,10-13,25H,3,8-9,14H2,1-2H3,(H,27,29);5-13,16,24H,4,14H2,1-3H3,(H,26,28);2*8H,3-7H2,1-2H3;1-2H3. The van der Waals surface area contributed by atoms with E-state index in [9.17, 15) is 9.59 Å². The van der Waals surface area contributed by atoms with Gasteiger partial charge in [-0.1, -0.05) is 136 Å². The minimum atomic E-state index is -0.166. The number of rotatable bonds is 17. The number of hydrogen-bond donors (Lipinski definition) is 4. The summed E-state index contributed by atoms with van der Waals surface area (Å²) in [5.41, 5.74) is 6.88. The number of aromatic nitrogens is 4. The van der Waals surface area contributed by atoms with E-state index < -0.39 is 0 Å². The van der Waals surface area contributed by atoms with Gasteiger partial charge in [0.2, 0.25) is 0 Å². The maximum Gasteiger partial charge on any atom is 0.252 e. The molecular weight excluding hydrogens is 1020 g/mol. The van der Waals surface area contributed by atoms with Crippen LogP contribution in [0.15, 0.2) is 104 Å². The van der Waals surface area contributed by atoms with Gasteiger partial charge in [0.1, 0.15) is 11.6 Å². The molecule has 2 fully saturated rings. The average molecular weight is 1110 g/mol. The lowest BCUT2D eigenvalue weighted by Gasteiger charge is -2.27. The van der Waals surface area contributed by atoms with Crippen molar-refractivity contribution in [3.63, 3.8) is 0 Å². The molecule has 4 aromatic carbocycles. The predicted octanol–water partition coefficient (Wildman–Crippen LogP) is 14.6. The Labute approximate surface area is 477 Å². The number of carbonyl (C=O) groups is 2. The third-order valence-electron chi connectivity index (χ3n) is 14.2. The Hall–Kier alpha value is -5.37. The van der Waals surface area contributed by atoms with Crippen molar-refractivity contribution in [2.24, 2.45) is 0 Å². The zero-order valence-corrected chi connectivity index (χ0v) is 50.3. The van der Waals surface area contributed by atoms with Crippen LogP contribution >= 0.6 is 34.8 Å². The second-order valence-electron chi connectivity index (χ2n) is 19.9. The Morgan fingerprint density at radius 2 is 1.13 bits per heavy atom. The molecule has 0 aliphatic heterocycles. The van der Waals surface area contributed by atoms with Gasteiger partial charge in [0.15, 0.2) is 0 Å². The summed E-state index contributed by atoms with van der Waals surface area (Å²) < 4.78 is 4.12. The normalized spacial score (nSPS) is 13.8. The molecule has 0 saturated heterocycles. The summed E-state index contributed by atoms with van der Waals surface area (Å²) in [5, 5.41) is 14.2. The van der Waals surface area contributed by atoms with Crippen LogP contribution in [0.4, 0.5) is 11.4 Å². The zero-order chi connectivity index (χ0) is 56.3. The number of halogens is 3. The second-order valence-corrected chi connectivity index (χ2v) is 21.2. The largest absolute Gasteiger partial charge is 0.385 e. The van der Waals surface area contributed by atoms with Crippen LogP contribution < -0.4 is 21.3 Å². The van der Waals surface area contributed by atoms with Crippen molar-refractivity contribution in [2.75, 3.05) is 58.5 Å². The minimum Gasteiger partial charge on any atom is -0.385 e. The first-order valence-electron chi connectivity index (χ1n) is 27.9. The zero-order valence-electron chi connectivity index (χ0n) is 48.0. The van der Waals surface area contributed by atoms with Crippen molar-refractivity contribution in [1.82, 2.24) is 39.5 Å². The van der Waals surface area contributed by atoms with E-state index in [1.807, 2.05) is 113 Å². The molecule has 2 aliphatic rings. The SMILES string of the molecule is CC.CCNc1cc(Cl)cc(C(=O)NCCc2nccn2Cc2ccccc2Cl)c1C.CCNc1cc(Cl)cc(C(=O)NCc2nccn2C(C)c2ccccc2)c1C.CN(C)C1CCCCC1.CN(C)C1CCCCC1. The summed E-state index contributed by atoms with van der Waals surface area (Å²) in [4.78, 5) is 39.0.